The fourth-order valence-electron chi connectivity index (χ4n) is 4.70. The number of hydrogen-bond acceptors (Lipinski definition) is 4. The van der Waals surface area contributed by atoms with Crippen LogP contribution >= 0.6 is 0 Å². The molecule has 0 amide bonds. The van der Waals surface area contributed by atoms with E-state index in [0.29, 0.717) is 0 Å². The number of ether oxygens (including phenoxy) is 2. The van der Waals surface area contributed by atoms with Crippen molar-refractivity contribution in [2.24, 2.45) is 0 Å². The first-order chi connectivity index (χ1) is 15.8. The topological polar surface area (TPSA) is 52.6 Å². The third-order valence-corrected chi connectivity index (χ3v) is 8.33. The van der Waals surface area contributed by atoms with Crippen molar-refractivity contribution in [1.82, 2.24) is 0 Å². The fourth-order valence-corrected chi connectivity index (χ4v) is 6.72. The molecule has 5 heteroatoms. The maximum Gasteiger partial charge on any atom is 0.151 e. The Morgan fingerprint density at radius 2 is 1.09 bits per heavy atom. The second-order valence-corrected chi connectivity index (χ2v) is 10.9. The first kappa shape index (κ1) is 23.1. The minimum atomic E-state index is -3.29. The van der Waals surface area contributed by atoms with Gasteiger partial charge in [0.2, 0.25) is 0 Å². The molecule has 0 saturated heterocycles. The lowest BCUT2D eigenvalue weighted by Crippen LogP contribution is -2.20. The third-order valence-electron chi connectivity index (χ3n) is 6.31. The molecule has 0 fully saturated rings. The molecule has 0 aliphatic rings. The van der Waals surface area contributed by atoms with Gasteiger partial charge in [-0.15, -0.1) is 0 Å². The van der Waals surface area contributed by atoms with Crippen molar-refractivity contribution in [1.29, 1.82) is 0 Å². The summed E-state index contributed by atoms with van der Waals surface area (Å²) >= 11 is 0. The molecule has 4 rings (SSSR count). The highest BCUT2D eigenvalue weighted by Crippen LogP contribution is 2.32. The Labute approximate surface area is 196 Å². The quantitative estimate of drug-likeness (QED) is 0.307. The van der Waals surface area contributed by atoms with E-state index in [1.165, 1.54) is 0 Å². The predicted molar refractivity (Wildman–Crippen MR) is 136 cm³/mol. The number of rotatable bonds is 8. The van der Waals surface area contributed by atoms with Crippen molar-refractivity contribution >= 4 is 31.4 Å². The van der Waals surface area contributed by atoms with Gasteiger partial charge in [-0.1, -0.05) is 62.4 Å². The van der Waals surface area contributed by atoms with Crippen molar-refractivity contribution < 1.29 is 17.9 Å². The molecule has 2 unspecified atom stereocenters. The molecule has 172 valence electrons. The Hall–Kier alpha value is -3.05. The Morgan fingerprint density at radius 1 is 0.667 bits per heavy atom. The molecule has 0 saturated carbocycles. The van der Waals surface area contributed by atoms with Crippen LogP contribution in [-0.2, 0) is 9.84 Å². The SMILES string of the molecule is COc1ccc2c(C(C)CS(=O)(=O)CC(C)c3cccc4cc(OC)ccc34)cccc2c1. The Morgan fingerprint density at radius 3 is 1.48 bits per heavy atom. The summed E-state index contributed by atoms with van der Waals surface area (Å²) in [4.78, 5) is 0. The van der Waals surface area contributed by atoms with Gasteiger partial charge in [0.1, 0.15) is 11.5 Å². The molecule has 4 aromatic rings. The zero-order valence-corrected chi connectivity index (χ0v) is 20.4. The minimum absolute atomic E-state index is 0.112. The van der Waals surface area contributed by atoms with Crippen molar-refractivity contribution in [3.8, 4) is 11.5 Å². The summed E-state index contributed by atoms with van der Waals surface area (Å²) in [5.41, 5.74) is 2.09. The van der Waals surface area contributed by atoms with E-state index < -0.39 is 9.84 Å². The van der Waals surface area contributed by atoms with E-state index in [0.717, 1.165) is 44.2 Å². The molecule has 0 radical (unpaired) electrons. The summed E-state index contributed by atoms with van der Waals surface area (Å²) < 4.78 is 37.1. The maximum absolute atomic E-state index is 13.2. The van der Waals surface area contributed by atoms with Crippen LogP contribution in [0.4, 0.5) is 0 Å². The lowest BCUT2D eigenvalue weighted by atomic mass is 9.96. The van der Waals surface area contributed by atoms with Gasteiger partial charge in [0, 0.05) is 0 Å². The van der Waals surface area contributed by atoms with E-state index in [4.69, 9.17) is 9.47 Å². The molecule has 0 aliphatic carbocycles. The number of fused-ring (bicyclic) bond motifs is 2. The Balaban J connectivity index is 1.56. The van der Waals surface area contributed by atoms with Crippen LogP contribution in [0.15, 0.2) is 72.8 Å². The normalized spacial score (nSPS) is 13.7. The molecule has 0 N–H and O–H groups in total. The van der Waals surface area contributed by atoms with Crippen molar-refractivity contribution in [3.05, 3.63) is 83.9 Å². The lowest BCUT2D eigenvalue weighted by Gasteiger charge is -2.19. The van der Waals surface area contributed by atoms with Crippen LogP contribution in [0.1, 0.15) is 36.8 Å². The van der Waals surface area contributed by atoms with Gasteiger partial charge in [-0.3, -0.25) is 0 Å². The van der Waals surface area contributed by atoms with Crippen LogP contribution < -0.4 is 9.47 Å². The first-order valence-corrected chi connectivity index (χ1v) is 13.0. The van der Waals surface area contributed by atoms with E-state index >= 15 is 0 Å². The summed E-state index contributed by atoms with van der Waals surface area (Å²) in [6.07, 6.45) is 0. The average Bonchev–Trinajstić information content (AvgIpc) is 2.81. The number of hydrogen-bond donors (Lipinski definition) is 0. The van der Waals surface area contributed by atoms with Crippen LogP contribution in [0.2, 0.25) is 0 Å². The highest BCUT2D eigenvalue weighted by molar-refractivity contribution is 7.91. The summed E-state index contributed by atoms with van der Waals surface area (Å²) in [5.74, 6) is 1.58. The summed E-state index contributed by atoms with van der Waals surface area (Å²) in [6, 6.07) is 23.9. The maximum atomic E-state index is 13.2. The van der Waals surface area contributed by atoms with Crippen molar-refractivity contribution in [2.45, 2.75) is 25.7 Å². The Bertz CT molecular complexity index is 1290. The molecular formula is C28H30O4S. The van der Waals surface area contributed by atoms with Gasteiger partial charge in [-0.05, 0) is 68.8 Å². The van der Waals surface area contributed by atoms with E-state index in [9.17, 15) is 8.42 Å². The molecule has 0 heterocycles. The molecule has 0 aromatic heterocycles. The molecule has 0 aliphatic heterocycles. The second kappa shape index (κ2) is 9.44. The average molecular weight is 463 g/mol. The highest BCUT2D eigenvalue weighted by Gasteiger charge is 2.23. The van der Waals surface area contributed by atoms with Gasteiger partial charge >= 0.3 is 0 Å². The van der Waals surface area contributed by atoms with E-state index in [1.807, 2.05) is 86.6 Å². The molecule has 2 atom stereocenters. The van der Waals surface area contributed by atoms with Crippen LogP contribution in [0, 0.1) is 0 Å². The highest BCUT2D eigenvalue weighted by atomic mass is 32.2. The van der Waals surface area contributed by atoms with Crippen LogP contribution in [0.25, 0.3) is 21.5 Å². The van der Waals surface area contributed by atoms with Gasteiger partial charge in [0.05, 0.1) is 25.7 Å². The molecule has 33 heavy (non-hydrogen) atoms. The summed E-state index contributed by atoms with van der Waals surface area (Å²) in [6.45, 7) is 3.98. The van der Waals surface area contributed by atoms with Crippen molar-refractivity contribution in [2.75, 3.05) is 25.7 Å². The zero-order chi connectivity index (χ0) is 23.6. The Kier molecular flexibility index (Phi) is 6.61. The smallest absolute Gasteiger partial charge is 0.151 e. The monoisotopic (exact) mass is 462 g/mol. The van der Waals surface area contributed by atoms with Gasteiger partial charge in [-0.2, -0.15) is 0 Å². The minimum Gasteiger partial charge on any atom is -0.497 e. The number of benzene rings is 4. The molecule has 4 nitrogen and oxygen atoms in total. The largest absolute Gasteiger partial charge is 0.497 e. The van der Waals surface area contributed by atoms with Gasteiger partial charge in [0.25, 0.3) is 0 Å². The van der Waals surface area contributed by atoms with Gasteiger partial charge < -0.3 is 9.47 Å². The van der Waals surface area contributed by atoms with Crippen LogP contribution in [0.3, 0.4) is 0 Å². The fraction of sp³-hybridized carbons (Fsp3) is 0.286. The standard InChI is InChI=1S/C28H30O4S/c1-19(25-9-5-7-21-15-23(31-3)11-13-27(21)25)17-33(29,30)18-20(2)26-10-6-8-22-16-24(32-4)12-14-28(22)26/h5-16,19-20H,17-18H2,1-4H3. The predicted octanol–water partition coefficient (Wildman–Crippen LogP) is 6.33. The zero-order valence-electron chi connectivity index (χ0n) is 19.5. The van der Waals surface area contributed by atoms with Crippen LogP contribution in [-0.4, -0.2) is 34.1 Å². The summed E-state index contributed by atoms with van der Waals surface area (Å²) in [5, 5.41) is 4.24. The molecule has 4 aromatic carbocycles. The van der Waals surface area contributed by atoms with Crippen molar-refractivity contribution in [3.63, 3.8) is 0 Å². The van der Waals surface area contributed by atoms with Crippen LogP contribution in [0.5, 0.6) is 11.5 Å². The first-order valence-electron chi connectivity index (χ1n) is 11.1. The summed E-state index contributed by atoms with van der Waals surface area (Å²) in [7, 11) is 0.00463. The van der Waals surface area contributed by atoms with E-state index in [1.54, 1.807) is 14.2 Å². The number of sulfone groups is 1. The molecule has 0 bridgehead atoms. The van der Waals surface area contributed by atoms with E-state index in [2.05, 4.69) is 0 Å². The van der Waals surface area contributed by atoms with Gasteiger partial charge in [0.15, 0.2) is 9.84 Å². The molecular weight excluding hydrogens is 432 g/mol. The molecule has 0 spiro atoms. The number of methoxy groups -OCH3 is 2. The third kappa shape index (κ3) is 4.98. The van der Waals surface area contributed by atoms with E-state index in [-0.39, 0.29) is 23.3 Å². The van der Waals surface area contributed by atoms with Gasteiger partial charge in [-0.25, -0.2) is 8.42 Å². The lowest BCUT2D eigenvalue weighted by molar-refractivity contribution is 0.415. The second-order valence-electron chi connectivity index (χ2n) is 8.75.